The summed E-state index contributed by atoms with van der Waals surface area (Å²) in [6.45, 7) is 0.769. The summed E-state index contributed by atoms with van der Waals surface area (Å²) in [5, 5.41) is 3.23. The van der Waals surface area contributed by atoms with Crippen LogP contribution in [0.15, 0.2) is 47.4 Å². The van der Waals surface area contributed by atoms with Gasteiger partial charge in [-0.2, -0.15) is 0 Å². The second-order valence-electron chi connectivity index (χ2n) is 5.51. The number of hydrogen-bond donors (Lipinski definition) is 2. The highest BCUT2D eigenvalue weighted by Crippen LogP contribution is 2.32. The normalized spacial score (nSPS) is 13.3. The SMILES string of the molecule is O=C(CCNS(=O)(=O)c1ccc2c(c1)OCCO2)Nc1ccc(Cl)cc1. The molecule has 0 saturated heterocycles. The molecule has 2 N–H and O–H groups in total. The molecule has 0 saturated carbocycles. The molecule has 0 fully saturated rings. The second kappa shape index (κ2) is 7.94. The Kier molecular flexibility index (Phi) is 5.65. The lowest BCUT2D eigenvalue weighted by atomic mass is 10.3. The summed E-state index contributed by atoms with van der Waals surface area (Å²) in [5.41, 5.74) is 0.592. The number of halogens is 1. The van der Waals surface area contributed by atoms with E-state index in [0.717, 1.165) is 0 Å². The van der Waals surface area contributed by atoms with Gasteiger partial charge in [-0.3, -0.25) is 4.79 Å². The maximum Gasteiger partial charge on any atom is 0.240 e. The number of nitrogens with one attached hydrogen (secondary N) is 2. The summed E-state index contributed by atoms with van der Waals surface area (Å²) in [7, 11) is -3.75. The summed E-state index contributed by atoms with van der Waals surface area (Å²) < 4.78 is 37.8. The third-order valence-electron chi connectivity index (χ3n) is 3.60. The van der Waals surface area contributed by atoms with Crippen LogP contribution in [0.1, 0.15) is 6.42 Å². The van der Waals surface area contributed by atoms with Crippen molar-refractivity contribution in [1.82, 2.24) is 4.72 Å². The van der Waals surface area contributed by atoms with Gasteiger partial charge >= 0.3 is 0 Å². The highest BCUT2D eigenvalue weighted by Gasteiger charge is 2.19. The Balaban J connectivity index is 1.55. The van der Waals surface area contributed by atoms with Crippen molar-refractivity contribution in [2.24, 2.45) is 0 Å². The number of sulfonamides is 1. The van der Waals surface area contributed by atoms with Crippen molar-refractivity contribution in [1.29, 1.82) is 0 Å². The van der Waals surface area contributed by atoms with Gasteiger partial charge < -0.3 is 14.8 Å². The predicted octanol–water partition coefficient (Wildman–Crippen LogP) is 2.42. The number of ether oxygens (including phenoxy) is 2. The minimum atomic E-state index is -3.75. The van der Waals surface area contributed by atoms with E-state index in [0.29, 0.717) is 35.4 Å². The van der Waals surface area contributed by atoms with Crippen LogP contribution in [-0.2, 0) is 14.8 Å². The number of amides is 1. The minimum Gasteiger partial charge on any atom is -0.486 e. The molecule has 0 unspecified atom stereocenters. The van der Waals surface area contributed by atoms with Gasteiger partial charge in [-0.25, -0.2) is 13.1 Å². The molecule has 0 aromatic heterocycles. The van der Waals surface area contributed by atoms with Gasteiger partial charge in [0, 0.05) is 29.7 Å². The second-order valence-corrected chi connectivity index (χ2v) is 7.71. The Morgan fingerprint density at radius 1 is 1.04 bits per heavy atom. The fourth-order valence-electron chi connectivity index (χ4n) is 2.33. The first kappa shape index (κ1) is 18.5. The van der Waals surface area contributed by atoms with Gasteiger partial charge in [-0.15, -0.1) is 0 Å². The highest BCUT2D eigenvalue weighted by atomic mass is 35.5. The molecular formula is C17H17ClN2O5S. The van der Waals surface area contributed by atoms with Gasteiger partial charge in [0.05, 0.1) is 4.90 Å². The maximum atomic E-state index is 12.3. The molecule has 2 aromatic rings. The molecule has 7 nitrogen and oxygen atoms in total. The summed E-state index contributed by atoms with van der Waals surface area (Å²) in [5.74, 6) is 0.592. The maximum absolute atomic E-state index is 12.3. The fourth-order valence-corrected chi connectivity index (χ4v) is 3.50. The number of fused-ring (bicyclic) bond motifs is 1. The van der Waals surface area contributed by atoms with Crippen molar-refractivity contribution in [2.75, 3.05) is 25.1 Å². The van der Waals surface area contributed by atoms with E-state index >= 15 is 0 Å². The lowest BCUT2D eigenvalue weighted by molar-refractivity contribution is -0.116. The highest BCUT2D eigenvalue weighted by molar-refractivity contribution is 7.89. The molecule has 3 rings (SSSR count). The van der Waals surface area contributed by atoms with Crippen LogP contribution in [-0.4, -0.2) is 34.1 Å². The summed E-state index contributed by atoms with van der Waals surface area (Å²) in [4.78, 5) is 12.0. The number of carbonyl (C=O) groups is 1. The van der Waals surface area contributed by atoms with Gasteiger partial charge in [-0.05, 0) is 36.4 Å². The average Bonchev–Trinajstić information content (AvgIpc) is 2.63. The van der Waals surface area contributed by atoms with Crippen LogP contribution in [0.25, 0.3) is 0 Å². The lowest BCUT2D eigenvalue weighted by Gasteiger charge is -2.18. The number of rotatable bonds is 6. The Hall–Kier alpha value is -2.29. The third kappa shape index (κ3) is 4.66. The van der Waals surface area contributed by atoms with Gasteiger partial charge in [0.25, 0.3) is 0 Å². The van der Waals surface area contributed by atoms with Crippen LogP contribution in [0.3, 0.4) is 0 Å². The van der Waals surface area contributed by atoms with Crippen LogP contribution in [0, 0.1) is 0 Å². The molecule has 1 aliphatic heterocycles. The first-order valence-corrected chi connectivity index (χ1v) is 9.75. The molecule has 0 bridgehead atoms. The number of anilines is 1. The van der Waals surface area contributed by atoms with Crippen molar-refractivity contribution in [3.05, 3.63) is 47.5 Å². The van der Waals surface area contributed by atoms with Crippen molar-refractivity contribution in [3.8, 4) is 11.5 Å². The van der Waals surface area contributed by atoms with E-state index in [1.807, 2.05) is 0 Å². The van der Waals surface area contributed by atoms with Gasteiger partial charge in [0.15, 0.2) is 11.5 Å². The monoisotopic (exact) mass is 396 g/mol. The minimum absolute atomic E-state index is 0.00753. The molecule has 1 aliphatic rings. The van der Waals surface area contributed by atoms with Crippen LogP contribution < -0.4 is 19.5 Å². The standard InChI is InChI=1S/C17H17ClN2O5S/c18-12-1-3-13(4-2-12)20-17(21)7-8-19-26(22,23)14-5-6-15-16(11-14)25-10-9-24-15/h1-6,11,19H,7-10H2,(H,20,21). The van der Waals surface area contributed by atoms with E-state index < -0.39 is 10.0 Å². The Morgan fingerprint density at radius 3 is 2.46 bits per heavy atom. The van der Waals surface area contributed by atoms with E-state index in [4.69, 9.17) is 21.1 Å². The average molecular weight is 397 g/mol. The van der Waals surface area contributed by atoms with Gasteiger partial charge in [0.2, 0.25) is 15.9 Å². The van der Waals surface area contributed by atoms with Crippen LogP contribution in [0.2, 0.25) is 5.02 Å². The molecule has 1 heterocycles. The Bertz CT molecular complexity index is 900. The smallest absolute Gasteiger partial charge is 0.240 e. The number of carbonyl (C=O) groups excluding carboxylic acids is 1. The molecule has 0 spiro atoms. The third-order valence-corrected chi connectivity index (χ3v) is 5.31. The number of hydrogen-bond acceptors (Lipinski definition) is 5. The van der Waals surface area contributed by atoms with Crippen LogP contribution in [0.4, 0.5) is 5.69 Å². The number of benzene rings is 2. The molecule has 9 heteroatoms. The molecule has 0 aliphatic carbocycles. The fraction of sp³-hybridized carbons (Fsp3) is 0.235. The van der Waals surface area contributed by atoms with E-state index in [1.54, 1.807) is 30.3 Å². The molecular weight excluding hydrogens is 380 g/mol. The van der Waals surface area contributed by atoms with Crippen molar-refractivity contribution in [3.63, 3.8) is 0 Å². The molecule has 26 heavy (non-hydrogen) atoms. The molecule has 138 valence electrons. The quantitative estimate of drug-likeness (QED) is 0.782. The van der Waals surface area contributed by atoms with Gasteiger partial charge in [-0.1, -0.05) is 11.6 Å². The Morgan fingerprint density at radius 2 is 1.73 bits per heavy atom. The van der Waals surface area contributed by atoms with E-state index in [-0.39, 0.29) is 23.8 Å². The van der Waals surface area contributed by atoms with Crippen molar-refractivity contribution >= 4 is 33.2 Å². The van der Waals surface area contributed by atoms with Gasteiger partial charge in [0.1, 0.15) is 13.2 Å². The lowest BCUT2D eigenvalue weighted by Crippen LogP contribution is -2.28. The van der Waals surface area contributed by atoms with Crippen molar-refractivity contribution in [2.45, 2.75) is 11.3 Å². The topological polar surface area (TPSA) is 93.7 Å². The summed E-state index contributed by atoms with van der Waals surface area (Å²) >= 11 is 5.78. The predicted molar refractivity (Wildman–Crippen MR) is 97.3 cm³/mol. The molecule has 0 radical (unpaired) electrons. The zero-order chi connectivity index (χ0) is 18.6. The first-order chi connectivity index (χ1) is 12.4. The van der Waals surface area contributed by atoms with Crippen molar-refractivity contribution < 1.29 is 22.7 Å². The van der Waals surface area contributed by atoms with E-state index in [1.165, 1.54) is 12.1 Å². The summed E-state index contributed by atoms with van der Waals surface area (Å²) in [6.07, 6.45) is -0.00753. The van der Waals surface area contributed by atoms with E-state index in [2.05, 4.69) is 10.0 Å². The molecule has 0 atom stereocenters. The molecule has 2 aromatic carbocycles. The van der Waals surface area contributed by atoms with Crippen LogP contribution >= 0.6 is 11.6 Å². The van der Waals surface area contributed by atoms with Crippen LogP contribution in [0.5, 0.6) is 11.5 Å². The zero-order valence-electron chi connectivity index (χ0n) is 13.7. The largest absolute Gasteiger partial charge is 0.486 e. The Labute approximate surface area is 156 Å². The first-order valence-electron chi connectivity index (χ1n) is 7.89. The summed E-state index contributed by atoms with van der Waals surface area (Å²) in [6, 6.07) is 11.0. The van der Waals surface area contributed by atoms with E-state index in [9.17, 15) is 13.2 Å². The zero-order valence-corrected chi connectivity index (χ0v) is 15.3. The molecule has 1 amide bonds.